The number of para-hydroxylation sites is 4. The molecule has 1 aliphatic rings. The Kier molecular flexibility index (Phi) is 3.73. The topological polar surface area (TPSA) is 29.5 Å². The summed E-state index contributed by atoms with van der Waals surface area (Å²) in [6.07, 6.45) is 0. The molecule has 3 nitrogen and oxygen atoms in total. The van der Waals surface area contributed by atoms with Crippen LogP contribution in [0, 0.1) is 0 Å². The van der Waals surface area contributed by atoms with Crippen molar-refractivity contribution in [3.05, 3.63) is 114 Å². The third-order valence-electron chi connectivity index (χ3n) is 7.86. The molecule has 3 heteroatoms. The minimum Gasteiger partial charge on any atom is -0.456 e. The molecule has 172 valence electrons. The maximum atomic E-state index is 6.80. The summed E-state index contributed by atoms with van der Waals surface area (Å²) in [6.45, 7) is 4.62. The Balaban J connectivity index is 1.49. The van der Waals surface area contributed by atoms with Crippen molar-refractivity contribution in [3.8, 4) is 0 Å². The van der Waals surface area contributed by atoms with Gasteiger partial charge in [-0.25, -0.2) is 0 Å². The molecule has 0 saturated carbocycles. The second-order valence-electron chi connectivity index (χ2n) is 10.2. The number of hydrogen-bond acceptors (Lipinski definition) is 3. The molecule has 0 bridgehead atoms. The van der Waals surface area contributed by atoms with E-state index in [1.807, 2.05) is 18.2 Å². The van der Waals surface area contributed by atoms with Crippen LogP contribution in [0.15, 0.2) is 112 Å². The van der Waals surface area contributed by atoms with Crippen LogP contribution in [0.2, 0.25) is 0 Å². The summed E-state index contributed by atoms with van der Waals surface area (Å²) in [5.74, 6) is 0. The predicted octanol–water partition coefficient (Wildman–Crippen LogP) is 9.59. The number of anilines is 3. The summed E-state index contributed by atoms with van der Waals surface area (Å²) in [5.41, 5.74) is 9.41. The minimum absolute atomic E-state index is 0.104. The summed E-state index contributed by atoms with van der Waals surface area (Å²) in [5, 5.41) is 4.32. The van der Waals surface area contributed by atoms with Crippen molar-refractivity contribution >= 4 is 60.9 Å². The van der Waals surface area contributed by atoms with Crippen molar-refractivity contribution in [2.45, 2.75) is 19.3 Å². The molecule has 5 aromatic carbocycles. The van der Waals surface area contributed by atoms with Gasteiger partial charge in [-0.2, -0.15) is 0 Å². The van der Waals surface area contributed by atoms with Gasteiger partial charge in [0.1, 0.15) is 16.7 Å². The smallest absolute Gasteiger partial charge is 0.159 e. The summed E-state index contributed by atoms with van der Waals surface area (Å²) < 4.78 is 12.9. The van der Waals surface area contributed by atoms with Crippen molar-refractivity contribution in [3.63, 3.8) is 0 Å². The lowest BCUT2D eigenvalue weighted by atomic mass is 9.73. The van der Waals surface area contributed by atoms with E-state index in [9.17, 15) is 0 Å². The Morgan fingerprint density at radius 1 is 0.500 bits per heavy atom. The molecule has 36 heavy (non-hydrogen) atoms. The van der Waals surface area contributed by atoms with E-state index in [1.165, 1.54) is 22.5 Å². The first-order valence-corrected chi connectivity index (χ1v) is 12.4. The van der Waals surface area contributed by atoms with E-state index in [0.29, 0.717) is 0 Å². The van der Waals surface area contributed by atoms with Gasteiger partial charge in [0.15, 0.2) is 5.58 Å². The molecule has 0 N–H and O–H groups in total. The molecule has 1 aliphatic heterocycles. The molecule has 0 aliphatic carbocycles. The first-order valence-electron chi connectivity index (χ1n) is 12.4. The third-order valence-corrected chi connectivity index (χ3v) is 7.86. The molecule has 2 aromatic heterocycles. The quantitative estimate of drug-likeness (QED) is 0.242. The Hall–Kier alpha value is -4.50. The second-order valence-corrected chi connectivity index (χ2v) is 10.2. The van der Waals surface area contributed by atoms with Gasteiger partial charge in [-0.3, -0.25) is 0 Å². The molecule has 0 fully saturated rings. The summed E-state index contributed by atoms with van der Waals surface area (Å²) in [4.78, 5) is 2.37. The fourth-order valence-corrected chi connectivity index (χ4v) is 6.15. The van der Waals surface area contributed by atoms with E-state index in [-0.39, 0.29) is 5.41 Å². The van der Waals surface area contributed by atoms with Crippen LogP contribution in [-0.2, 0) is 5.41 Å². The molecule has 0 saturated heterocycles. The number of hydrogen-bond donors (Lipinski definition) is 0. The SMILES string of the molecule is CC1(C)c2ccccc2N(c2cccc3c2oc2c3ccc3oc4ccccc4c32)c2ccccc21. The lowest BCUT2D eigenvalue weighted by molar-refractivity contribution is 0.630. The van der Waals surface area contributed by atoms with E-state index < -0.39 is 0 Å². The van der Waals surface area contributed by atoms with E-state index in [1.54, 1.807) is 0 Å². The molecule has 0 radical (unpaired) electrons. The monoisotopic (exact) mass is 465 g/mol. The maximum absolute atomic E-state index is 6.80. The lowest BCUT2D eigenvalue weighted by Gasteiger charge is -2.41. The van der Waals surface area contributed by atoms with E-state index in [0.717, 1.165) is 49.6 Å². The van der Waals surface area contributed by atoms with Gasteiger partial charge >= 0.3 is 0 Å². The Bertz CT molecular complexity index is 1940. The lowest BCUT2D eigenvalue weighted by Crippen LogP contribution is -2.30. The minimum atomic E-state index is -0.104. The van der Waals surface area contributed by atoms with Crippen LogP contribution in [0.3, 0.4) is 0 Å². The van der Waals surface area contributed by atoms with Crippen molar-refractivity contribution in [2.24, 2.45) is 0 Å². The van der Waals surface area contributed by atoms with Gasteiger partial charge in [-0.1, -0.05) is 80.6 Å². The van der Waals surface area contributed by atoms with Crippen molar-refractivity contribution in [1.82, 2.24) is 0 Å². The van der Waals surface area contributed by atoms with Crippen LogP contribution in [-0.4, -0.2) is 0 Å². The van der Waals surface area contributed by atoms with E-state index in [4.69, 9.17) is 8.83 Å². The fourth-order valence-electron chi connectivity index (χ4n) is 6.15. The molecule has 3 heterocycles. The zero-order valence-electron chi connectivity index (χ0n) is 20.1. The van der Waals surface area contributed by atoms with Crippen LogP contribution in [0.1, 0.15) is 25.0 Å². The largest absolute Gasteiger partial charge is 0.456 e. The number of nitrogens with zero attached hydrogens (tertiary/aromatic N) is 1. The van der Waals surface area contributed by atoms with E-state index in [2.05, 4.69) is 104 Å². The van der Waals surface area contributed by atoms with Gasteiger partial charge in [0, 0.05) is 21.6 Å². The van der Waals surface area contributed by atoms with Crippen molar-refractivity contribution < 1.29 is 8.83 Å². The van der Waals surface area contributed by atoms with Crippen LogP contribution in [0.5, 0.6) is 0 Å². The highest BCUT2D eigenvalue weighted by molar-refractivity contribution is 6.23. The standard InChI is InChI=1S/C33H23NO2/c1-33(2)23-12-4-6-14-25(23)34(26-15-7-5-13-24(26)33)27-16-9-11-20-21-18-19-29-30(32(21)36-31(20)27)22-10-3-8-17-28(22)35-29/h3-19H,1-2H3. The number of rotatable bonds is 1. The van der Waals surface area contributed by atoms with Crippen LogP contribution < -0.4 is 4.90 Å². The molecule has 7 aromatic rings. The van der Waals surface area contributed by atoms with Crippen molar-refractivity contribution in [1.29, 1.82) is 0 Å². The zero-order chi connectivity index (χ0) is 24.0. The average Bonchev–Trinajstić information content (AvgIpc) is 3.48. The molecule has 8 rings (SSSR count). The van der Waals surface area contributed by atoms with Gasteiger partial charge in [0.25, 0.3) is 0 Å². The highest BCUT2D eigenvalue weighted by Gasteiger charge is 2.37. The summed E-state index contributed by atoms with van der Waals surface area (Å²) >= 11 is 0. The predicted molar refractivity (Wildman–Crippen MR) is 148 cm³/mol. The number of benzene rings is 5. The second kappa shape index (κ2) is 6.79. The molecular formula is C33H23NO2. The number of fused-ring (bicyclic) bond motifs is 9. The Morgan fingerprint density at radius 3 is 1.89 bits per heavy atom. The Labute approximate surface area is 208 Å². The highest BCUT2D eigenvalue weighted by Crippen LogP contribution is 2.53. The zero-order valence-corrected chi connectivity index (χ0v) is 20.1. The van der Waals surface area contributed by atoms with Gasteiger partial charge in [-0.15, -0.1) is 0 Å². The first kappa shape index (κ1) is 19.8. The molecular weight excluding hydrogens is 442 g/mol. The molecule has 0 atom stereocenters. The summed E-state index contributed by atoms with van der Waals surface area (Å²) in [7, 11) is 0. The van der Waals surface area contributed by atoms with Crippen molar-refractivity contribution in [2.75, 3.05) is 4.90 Å². The molecule has 0 spiro atoms. The first-order chi connectivity index (χ1) is 17.6. The normalized spacial score (nSPS) is 14.6. The molecule has 0 unspecified atom stereocenters. The maximum Gasteiger partial charge on any atom is 0.159 e. The van der Waals surface area contributed by atoms with Crippen LogP contribution >= 0.6 is 0 Å². The van der Waals surface area contributed by atoms with Gasteiger partial charge in [0.2, 0.25) is 0 Å². The Morgan fingerprint density at radius 2 is 1.11 bits per heavy atom. The number of furan rings is 2. The summed E-state index contributed by atoms with van der Waals surface area (Å²) in [6, 6.07) is 36.3. The van der Waals surface area contributed by atoms with Crippen LogP contribution in [0.25, 0.3) is 43.9 Å². The van der Waals surface area contributed by atoms with Crippen LogP contribution in [0.4, 0.5) is 17.1 Å². The highest BCUT2D eigenvalue weighted by atomic mass is 16.3. The fraction of sp³-hybridized carbons (Fsp3) is 0.0909. The van der Waals surface area contributed by atoms with Gasteiger partial charge in [0.05, 0.1) is 22.4 Å². The molecule has 0 amide bonds. The van der Waals surface area contributed by atoms with E-state index >= 15 is 0 Å². The van der Waals surface area contributed by atoms with Gasteiger partial charge < -0.3 is 13.7 Å². The average molecular weight is 466 g/mol. The third kappa shape index (κ3) is 2.42. The van der Waals surface area contributed by atoms with Gasteiger partial charge in [-0.05, 0) is 47.5 Å².